The van der Waals surface area contributed by atoms with E-state index in [0.29, 0.717) is 0 Å². The minimum Gasteiger partial charge on any atom is -0.309 e. The maximum atomic E-state index is 5.09. The summed E-state index contributed by atoms with van der Waals surface area (Å²) in [5, 5.41) is 6.60. The van der Waals surface area contributed by atoms with E-state index >= 15 is 0 Å². The van der Waals surface area contributed by atoms with Crippen LogP contribution >= 0.6 is 22.7 Å². The van der Waals surface area contributed by atoms with Crippen LogP contribution < -0.4 is 0 Å². The molecule has 0 saturated heterocycles. The van der Waals surface area contributed by atoms with Crippen molar-refractivity contribution in [3.05, 3.63) is 151 Å². The Hall–Kier alpha value is -5.76. The van der Waals surface area contributed by atoms with Crippen LogP contribution in [0.5, 0.6) is 0 Å². The zero-order chi connectivity index (χ0) is 30.9. The van der Waals surface area contributed by atoms with Gasteiger partial charge >= 0.3 is 0 Å². The lowest BCUT2D eigenvalue weighted by molar-refractivity contribution is 1.18. The third-order valence-electron chi connectivity index (χ3n) is 8.95. The van der Waals surface area contributed by atoms with Gasteiger partial charge in [-0.2, -0.15) is 0 Å². The van der Waals surface area contributed by atoms with Crippen LogP contribution in [-0.4, -0.2) is 23.3 Å². The monoisotopic (exact) mass is 639 g/mol. The molecule has 5 heterocycles. The maximum Gasteiger partial charge on any atom is 0.194 e. The predicted octanol–water partition coefficient (Wildman–Crippen LogP) is 10.9. The maximum absolute atomic E-state index is 5.09. The number of imidazole rings is 2. The van der Waals surface area contributed by atoms with Gasteiger partial charge in [-0.25, -0.2) is 9.97 Å². The molecule has 0 saturated carbocycles. The summed E-state index contributed by atoms with van der Waals surface area (Å²) >= 11 is 3.32. The van der Waals surface area contributed by atoms with Crippen molar-refractivity contribution in [1.29, 1.82) is 0 Å². The second-order valence-electron chi connectivity index (χ2n) is 11.6. The second kappa shape index (κ2) is 10.4. The molecule has 0 amide bonds. The first-order chi connectivity index (χ1) is 23.3. The van der Waals surface area contributed by atoms with E-state index in [1.807, 2.05) is 0 Å². The van der Waals surface area contributed by atoms with E-state index in [-0.39, 0.29) is 0 Å². The molecule has 5 aromatic carbocycles. The Labute approximate surface area is 277 Å². The number of thiazole rings is 2. The molecule has 0 aliphatic rings. The number of nitrogens with zero attached hydrogens (tertiary/aromatic N) is 5. The Bertz CT molecular complexity index is 2560. The van der Waals surface area contributed by atoms with E-state index < -0.39 is 0 Å². The molecule has 7 heteroatoms. The van der Waals surface area contributed by atoms with E-state index in [9.17, 15) is 0 Å². The summed E-state index contributed by atoms with van der Waals surface area (Å²) in [5.41, 5.74) is 12.2. The second-order valence-corrected chi connectivity index (χ2v) is 13.3. The molecule has 5 aromatic heterocycles. The highest BCUT2D eigenvalue weighted by molar-refractivity contribution is 7.15. The Morgan fingerprint density at radius 1 is 0.447 bits per heavy atom. The summed E-state index contributed by atoms with van der Waals surface area (Å²) in [6.45, 7) is 0. The molecule has 0 aliphatic heterocycles. The van der Waals surface area contributed by atoms with Crippen LogP contribution in [0, 0.1) is 0 Å². The van der Waals surface area contributed by atoms with Crippen LogP contribution in [0.2, 0.25) is 0 Å². The van der Waals surface area contributed by atoms with Crippen molar-refractivity contribution >= 4 is 54.4 Å². The average molecular weight is 640 g/mol. The molecule has 0 N–H and O–H groups in total. The molecule has 0 unspecified atom stereocenters. The Kier molecular flexibility index (Phi) is 5.85. The van der Waals surface area contributed by atoms with Crippen molar-refractivity contribution in [3.8, 4) is 50.7 Å². The topological polar surface area (TPSA) is 39.5 Å². The number of fused-ring (bicyclic) bond motifs is 5. The van der Waals surface area contributed by atoms with Gasteiger partial charge in [-0.3, -0.25) is 8.80 Å². The molecule has 10 rings (SSSR count). The van der Waals surface area contributed by atoms with E-state index in [2.05, 4.69) is 164 Å². The highest BCUT2D eigenvalue weighted by Gasteiger charge is 2.22. The summed E-state index contributed by atoms with van der Waals surface area (Å²) in [4.78, 5) is 12.2. The molecule has 10 aromatic rings. The summed E-state index contributed by atoms with van der Waals surface area (Å²) in [6, 6.07) is 45.4. The lowest BCUT2D eigenvalue weighted by Crippen LogP contribution is -1.93. The normalized spacial score (nSPS) is 11.8. The standard InChI is InChI=1S/C40H25N5S2/c1-4-10-26(11-5-1)35-37(43-20-22-46-39(43)41-35)28-16-18-33-31(24-28)32-25-29(17-19-34(32)45(33)30-14-8-3-9-15-30)38-36(27-12-6-2-7-13-27)42-40-44(38)21-23-47-40/h1-25H. The third kappa shape index (κ3) is 4.07. The first-order valence-corrected chi connectivity index (χ1v) is 17.2. The molecule has 47 heavy (non-hydrogen) atoms. The summed E-state index contributed by atoms with van der Waals surface area (Å²) < 4.78 is 6.82. The first kappa shape index (κ1) is 26.5. The fourth-order valence-corrected chi connectivity index (χ4v) is 8.32. The predicted molar refractivity (Wildman–Crippen MR) is 196 cm³/mol. The van der Waals surface area contributed by atoms with E-state index in [1.165, 1.54) is 10.8 Å². The van der Waals surface area contributed by atoms with E-state index in [1.54, 1.807) is 22.7 Å². The van der Waals surface area contributed by atoms with Crippen LogP contribution in [0.1, 0.15) is 0 Å². The summed E-state index contributed by atoms with van der Waals surface area (Å²) in [6.07, 6.45) is 4.25. The Balaban J connectivity index is 1.26. The number of benzene rings is 5. The van der Waals surface area contributed by atoms with Gasteiger partial charge in [0.15, 0.2) is 9.92 Å². The number of aromatic nitrogens is 5. The van der Waals surface area contributed by atoms with Gasteiger partial charge in [-0.1, -0.05) is 91.0 Å². The van der Waals surface area contributed by atoms with Crippen molar-refractivity contribution in [3.63, 3.8) is 0 Å². The Morgan fingerprint density at radius 2 is 0.894 bits per heavy atom. The molecule has 0 aliphatic carbocycles. The Morgan fingerprint density at radius 3 is 1.36 bits per heavy atom. The van der Waals surface area contributed by atoms with Crippen molar-refractivity contribution in [2.75, 3.05) is 0 Å². The van der Waals surface area contributed by atoms with Crippen LogP contribution in [0.3, 0.4) is 0 Å². The van der Waals surface area contributed by atoms with E-state index in [4.69, 9.17) is 9.97 Å². The number of rotatable bonds is 5. The highest BCUT2D eigenvalue weighted by atomic mass is 32.1. The fourth-order valence-electron chi connectivity index (χ4n) is 6.89. The van der Waals surface area contributed by atoms with Crippen LogP contribution in [0.4, 0.5) is 0 Å². The molecule has 5 nitrogen and oxygen atoms in total. The zero-order valence-electron chi connectivity index (χ0n) is 25.0. The van der Waals surface area contributed by atoms with Crippen LogP contribution in [-0.2, 0) is 0 Å². The smallest absolute Gasteiger partial charge is 0.194 e. The SMILES string of the molecule is c1ccc(-c2nc3sccn3c2-c2ccc3c(c2)c2cc(-c4c(-c5ccccc5)nc5sccn45)ccc2n3-c2ccccc2)cc1. The third-order valence-corrected chi connectivity index (χ3v) is 10.5. The fraction of sp³-hybridized carbons (Fsp3) is 0. The van der Waals surface area contributed by atoms with Gasteiger partial charge in [0.2, 0.25) is 0 Å². The molecule has 0 spiro atoms. The largest absolute Gasteiger partial charge is 0.309 e. The molecule has 0 radical (unpaired) electrons. The van der Waals surface area contributed by atoms with Crippen molar-refractivity contribution in [2.45, 2.75) is 0 Å². The molecule has 222 valence electrons. The van der Waals surface area contributed by atoms with Crippen molar-refractivity contribution in [1.82, 2.24) is 23.3 Å². The average Bonchev–Trinajstić information content (AvgIpc) is 3.95. The van der Waals surface area contributed by atoms with Gasteiger partial charge in [0.25, 0.3) is 0 Å². The van der Waals surface area contributed by atoms with Gasteiger partial charge in [-0.15, -0.1) is 22.7 Å². The van der Waals surface area contributed by atoms with Gasteiger partial charge in [-0.05, 0) is 36.4 Å². The summed E-state index contributed by atoms with van der Waals surface area (Å²) in [7, 11) is 0. The molecule has 0 bridgehead atoms. The van der Waals surface area contributed by atoms with Crippen LogP contribution in [0.25, 0.3) is 82.4 Å². The quantitative estimate of drug-likeness (QED) is 0.188. The highest BCUT2D eigenvalue weighted by Crippen LogP contribution is 2.41. The first-order valence-electron chi connectivity index (χ1n) is 15.5. The number of hydrogen-bond donors (Lipinski definition) is 0. The lowest BCUT2D eigenvalue weighted by atomic mass is 10.0. The van der Waals surface area contributed by atoms with Gasteiger partial charge in [0.1, 0.15) is 0 Å². The van der Waals surface area contributed by atoms with E-state index in [0.717, 1.165) is 71.7 Å². The lowest BCUT2D eigenvalue weighted by Gasteiger charge is -2.09. The zero-order valence-corrected chi connectivity index (χ0v) is 26.6. The van der Waals surface area contributed by atoms with Gasteiger partial charge < -0.3 is 4.57 Å². The van der Waals surface area contributed by atoms with Crippen molar-refractivity contribution < 1.29 is 0 Å². The summed E-state index contributed by atoms with van der Waals surface area (Å²) in [5.74, 6) is 0. The van der Waals surface area contributed by atoms with Crippen molar-refractivity contribution in [2.24, 2.45) is 0 Å². The molecular formula is C40H25N5S2. The molecule has 0 fully saturated rings. The van der Waals surface area contributed by atoms with Gasteiger partial charge in [0, 0.05) is 61.9 Å². The molecular weight excluding hydrogens is 615 g/mol. The number of para-hydroxylation sites is 1. The minimum absolute atomic E-state index is 0.988. The van der Waals surface area contributed by atoms with Crippen LogP contribution in [0.15, 0.2) is 151 Å². The number of hydrogen-bond acceptors (Lipinski definition) is 4. The minimum atomic E-state index is 0.988. The van der Waals surface area contributed by atoms with Gasteiger partial charge in [0.05, 0.1) is 33.8 Å². The molecule has 0 atom stereocenters.